The van der Waals surface area contributed by atoms with Gasteiger partial charge in [-0.1, -0.05) is 15.9 Å². The first-order valence-electron chi connectivity index (χ1n) is 6.49. The van der Waals surface area contributed by atoms with Gasteiger partial charge in [0.15, 0.2) is 0 Å². The van der Waals surface area contributed by atoms with Crippen LogP contribution in [0.15, 0.2) is 22.7 Å². The van der Waals surface area contributed by atoms with Crippen LogP contribution in [-0.4, -0.2) is 31.6 Å². The molecule has 108 valence electrons. The molecule has 1 aliphatic heterocycles. The third-order valence-electron chi connectivity index (χ3n) is 3.42. The average molecular weight is 352 g/mol. The summed E-state index contributed by atoms with van der Waals surface area (Å²) in [6.45, 7) is 4.14. The molecular weight excluding hydrogens is 331 g/mol. The number of hydrogen-bond donors (Lipinski definition) is 1. The zero-order valence-corrected chi connectivity index (χ0v) is 13.6. The fraction of sp³-hybridized carbons (Fsp3) is 0.571. The molecule has 2 rings (SSSR count). The minimum absolute atomic E-state index is 0. The van der Waals surface area contributed by atoms with Crippen LogP contribution in [0, 0.1) is 11.7 Å². The lowest BCUT2D eigenvalue weighted by molar-refractivity contribution is 0.166. The smallest absolute Gasteiger partial charge is 0.124 e. The van der Waals surface area contributed by atoms with Gasteiger partial charge in [-0.15, -0.1) is 12.4 Å². The van der Waals surface area contributed by atoms with E-state index in [0.717, 1.165) is 42.1 Å². The highest BCUT2D eigenvalue weighted by molar-refractivity contribution is 9.10. The Kier molecular flexibility index (Phi) is 7.29. The summed E-state index contributed by atoms with van der Waals surface area (Å²) in [4.78, 5) is 2.42. The van der Waals surface area contributed by atoms with Crippen molar-refractivity contribution in [3.63, 3.8) is 0 Å². The zero-order valence-electron chi connectivity index (χ0n) is 11.2. The van der Waals surface area contributed by atoms with Gasteiger partial charge in [-0.05, 0) is 62.7 Å². The maximum atomic E-state index is 13.3. The maximum absolute atomic E-state index is 13.3. The van der Waals surface area contributed by atoms with Gasteiger partial charge in [-0.25, -0.2) is 4.39 Å². The molecule has 1 saturated heterocycles. The van der Waals surface area contributed by atoms with Gasteiger partial charge < -0.3 is 5.32 Å². The van der Waals surface area contributed by atoms with E-state index in [1.807, 2.05) is 13.1 Å². The lowest BCUT2D eigenvalue weighted by Gasteiger charge is -2.32. The van der Waals surface area contributed by atoms with Gasteiger partial charge in [-0.2, -0.15) is 0 Å². The summed E-state index contributed by atoms with van der Waals surface area (Å²) in [5.74, 6) is 0.559. The molecule has 1 N–H and O–H groups in total. The summed E-state index contributed by atoms with van der Waals surface area (Å²) in [6.07, 6.45) is 2.53. The van der Waals surface area contributed by atoms with Crippen LogP contribution >= 0.6 is 28.3 Å². The van der Waals surface area contributed by atoms with Crippen molar-refractivity contribution in [3.05, 3.63) is 34.1 Å². The fourth-order valence-corrected chi connectivity index (χ4v) is 3.22. The molecule has 1 aromatic carbocycles. The van der Waals surface area contributed by atoms with Crippen molar-refractivity contribution >= 4 is 28.3 Å². The Bertz CT molecular complexity index is 381. The summed E-state index contributed by atoms with van der Waals surface area (Å²) < 4.78 is 14.1. The van der Waals surface area contributed by atoms with Crippen molar-refractivity contribution in [1.82, 2.24) is 10.2 Å². The third-order valence-corrected chi connectivity index (χ3v) is 3.88. The van der Waals surface area contributed by atoms with Crippen LogP contribution in [0.4, 0.5) is 4.39 Å². The minimum atomic E-state index is -0.164. The Morgan fingerprint density at radius 1 is 1.42 bits per heavy atom. The average Bonchev–Trinajstić information content (AvgIpc) is 2.28. The number of benzene rings is 1. The van der Waals surface area contributed by atoms with E-state index in [2.05, 4.69) is 26.1 Å². The summed E-state index contributed by atoms with van der Waals surface area (Å²) in [6, 6.07) is 5.14. The van der Waals surface area contributed by atoms with Crippen LogP contribution in [-0.2, 0) is 6.54 Å². The van der Waals surface area contributed by atoms with Gasteiger partial charge in [0.05, 0.1) is 0 Å². The molecule has 1 atom stereocenters. The molecule has 1 aliphatic rings. The SMILES string of the molecule is CNCC1CCCN(Cc2cc(F)cc(Br)c2)C1.Cl. The maximum Gasteiger partial charge on any atom is 0.124 e. The molecule has 2 nitrogen and oxygen atoms in total. The van der Waals surface area contributed by atoms with Gasteiger partial charge in [0.2, 0.25) is 0 Å². The molecule has 0 aromatic heterocycles. The van der Waals surface area contributed by atoms with E-state index in [1.165, 1.54) is 18.9 Å². The predicted molar refractivity (Wildman–Crippen MR) is 83.3 cm³/mol. The highest BCUT2D eigenvalue weighted by Gasteiger charge is 2.19. The number of nitrogens with one attached hydrogen (secondary N) is 1. The molecule has 1 unspecified atom stereocenters. The van der Waals surface area contributed by atoms with Crippen molar-refractivity contribution in [2.24, 2.45) is 5.92 Å². The van der Waals surface area contributed by atoms with E-state index in [9.17, 15) is 4.39 Å². The summed E-state index contributed by atoms with van der Waals surface area (Å²) >= 11 is 3.35. The zero-order chi connectivity index (χ0) is 13.0. The number of hydrogen-bond acceptors (Lipinski definition) is 2. The molecular formula is C14H21BrClFN2. The number of piperidine rings is 1. The molecule has 1 heterocycles. The highest BCUT2D eigenvalue weighted by atomic mass is 79.9. The Labute approximate surface area is 129 Å². The number of likely N-dealkylation sites (tertiary alicyclic amines) is 1. The second-order valence-corrected chi connectivity index (χ2v) is 5.99. The molecule has 19 heavy (non-hydrogen) atoms. The van der Waals surface area contributed by atoms with Crippen LogP contribution in [0.2, 0.25) is 0 Å². The predicted octanol–water partition coefficient (Wildman–Crippen LogP) is 3.44. The second-order valence-electron chi connectivity index (χ2n) is 5.08. The van der Waals surface area contributed by atoms with E-state index < -0.39 is 0 Å². The van der Waals surface area contributed by atoms with Gasteiger partial charge in [0.25, 0.3) is 0 Å². The normalized spacial score (nSPS) is 20.1. The van der Waals surface area contributed by atoms with Crippen LogP contribution in [0.5, 0.6) is 0 Å². The van der Waals surface area contributed by atoms with Crippen molar-refractivity contribution < 1.29 is 4.39 Å². The van der Waals surface area contributed by atoms with Crippen molar-refractivity contribution in [1.29, 1.82) is 0 Å². The Balaban J connectivity index is 0.00000180. The van der Waals surface area contributed by atoms with Gasteiger partial charge in [0.1, 0.15) is 5.82 Å². The van der Waals surface area contributed by atoms with E-state index in [1.54, 1.807) is 6.07 Å². The number of halogens is 3. The lowest BCUT2D eigenvalue weighted by Crippen LogP contribution is -2.38. The van der Waals surface area contributed by atoms with E-state index in [4.69, 9.17) is 0 Å². The highest BCUT2D eigenvalue weighted by Crippen LogP contribution is 2.20. The van der Waals surface area contributed by atoms with E-state index >= 15 is 0 Å². The second kappa shape index (κ2) is 8.20. The molecule has 0 spiro atoms. The molecule has 0 aliphatic carbocycles. The summed E-state index contributed by atoms with van der Waals surface area (Å²) in [5.41, 5.74) is 1.05. The van der Waals surface area contributed by atoms with Crippen LogP contribution in [0.3, 0.4) is 0 Å². The molecule has 0 saturated carbocycles. The minimum Gasteiger partial charge on any atom is -0.319 e. The van der Waals surface area contributed by atoms with Gasteiger partial charge in [0, 0.05) is 17.6 Å². The van der Waals surface area contributed by atoms with E-state index in [-0.39, 0.29) is 18.2 Å². The number of nitrogens with zero attached hydrogens (tertiary/aromatic N) is 1. The van der Waals surface area contributed by atoms with Crippen molar-refractivity contribution in [2.45, 2.75) is 19.4 Å². The molecule has 5 heteroatoms. The molecule has 0 radical (unpaired) electrons. The standard InChI is InChI=1S/C14H20BrFN2.ClH/c1-17-8-11-3-2-4-18(9-11)10-12-5-13(15)7-14(16)6-12;/h5-7,11,17H,2-4,8-10H2,1H3;1H. The Morgan fingerprint density at radius 3 is 2.89 bits per heavy atom. The molecule has 1 fully saturated rings. The van der Waals surface area contributed by atoms with Gasteiger partial charge >= 0.3 is 0 Å². The molecule has 1 aromatic rings. The van der Waals surface area contributed by atoms with Gasteiger partial charge in [-0.3, -0.25) is 4.90 Å². The molecule has 0 amide bonds. The molecule has 0 bridgehead atoms. The summed E-state index contributed by atoms with van der Waals surface area (Å²) in [5, 5.41) is 3.25. The fourth-order valence-electron chi connectivity index (χ4n) is 2.71. The quantitative estimate of drug-likeness (QED) is 0.894. The monoisotopic (exact) mass is 350 g/mol. The summed E-state index contributed by atoms with van der Waals surface area (Å²) in [7, 11) is 2.00. The first kappa shape index (κ1) is 16.9. The third kappa shape index (κ3) is 5.38. The lowest BCUT2D eigenvalue weighted by atomic mass is 9.97. The first-order valence-corrected chi connectivity index (χ1v) is 7.28. The van der Waals surface area contributed by atoms with Crippen LogP contribution < -0.4 is 5.32 Å². The van der Waals surface area contributed by atoms with Crippen LogP contribution in [0.25, 0.3) is 0 Å². The largest absolute Gasteiger partial charge is 0.319 e. The van der Waals surface area contributed by atoms with Crippen molar-refractivity contribution in [3.8, 4) is 0 Å². The topological polar surface area (TPSA) is 15.3 Å². The van der Waals surface area contributed by atoms with E-state index in [0.29, 0.717) is 0 Å². The van der Waals surface area contributed by atoms with Crippen molar-refractivity contribution in [2.75, 3.05) is 26.7 Å². The first-order chi connectivity index (χ1) is 8.67. The Morgan fingerprint density at radius 2 is 2.21 bits per heavy atom. The van der Waals surface area contributed by atoms with Crippen LogP contribution in [0.1, 0.15) is 18.4 Å². The number of rotatable bonds is 4. The Hall–Kier alpha value is -0.160.